The lowest BCUT2D eigenvalue weighted by Crippen LogP contribution is -2.29. The van der Waals surface area contributed by atoms with Gasteiger partial charge in [0, 0.05) is 25.0 Å². The fraction of sp³-hybridized carbons (Fsp3) is 0.375. The molecule has 4 aromatic heterocycles. The maximum absolute atomic E-state index is 15.4. The zero-order chi connectivity index (χ0) is 27.4. The minimum absolute atomic E-state index is 0.0564. The molecule has 0 saturated carbocycles. The number of imidazole rings is 1. The first kappa shape index (κ1) is 25.8. The first-order valence-corrected chi connectivity index (χ1v) is 13.3. The van der Waals surface area contributed by atoms with Crippen LogP contribution in [0.2, 0.25) is 0 Å². The second-order valence-corrected chi connectivity index (χ2v) is 10.6. The van der Waals surface area contributed by atoms with Gasteiger partial charge in [-0.15, -0.1) is 16.4 Å². The number of alkyl halides is 4. The quantitative estimate of drug-likeness (QED) is 0.207. The Morgan fingerprint density at radius 2 is 1.90 bits per heavy atom. The fourth-order valence-corrected chi connectivity index (χ4v) is 6.06. The smallest absolute Gasteiger partial charge is 0.427 e. The molecule has 5 aromatic rings. The van der Waals surface area contributed by atoms with Crippen LogP contribution in [0.15, 0.2) is 28.8 Å². The molecule has 0 bridgehead atoms. The van der Waals surface area contributed by atoms with Gasteiger partial charge in [-0.25, -0.2) is 14.4 Å². The molecule has 1 saturated heterocycles. The minimum Gasteiger partial charge on any atom is -0.496 e. The maximum atomic E-state index is 15.4. The molecule has 0 amide bonds. The van der Waals surface area contributed by atoms with Crippen molar-refractivity contribution in [2.45, 2.75) is 31.3 Å². The number of hydrogen-bond acceptors (Lipinski definition) is 10. The van der Waals surface area contributed by atoms with Crippen LogP contribution in [-0.4, -0.2) is 47.0 Å². The number of nitrogens with zero attached hydrogens (tertiary/aromatic N) is 4. The van der Waals surface area contributed by atoms with E-state index in [-0.39, 0.29) is 36.8 Å². The first-order valence-electron chi connectivity index (χ1n) is 11.7. The van der Waals surface area contributed by atoms with Gasteiger partial charge in [0.15, 0.2) is 11.4 Å². The van der Waals surface area contributed by atoms with E-state index < -0.39 is 29.0 Å². The third kappa shape index (κ3) is 4.67. The molecule has 5 heterocycles. The van der Waals surface area contributed by atoms with Crippen molar-refractivity contribution >= 4 is 38.6 Å². The maximum Gasteiger partial charge on any atom is 0.427 e. The van der Waals surface area contributed by atoms with Crippen molar-refractivity contribution in [1.82, 2.24) is 19.6 Å². The molecule has 1 aliphatic heterocycles. The monoisotopic (exact) mass is 584 g/mol. The van der Waals surface area contributed by atoms with Gasteiger partial charge in [-0.2, -0.15) is 17.7 Å². The Balaban J connectivity index is 1.36. The molecule has 0 radical (unpaired) electrons. The van der Waals surface area contributed by atoms with Crippen molar-refractivity contribution in [1.29, 1.82) is 0 Å². The van der Waals surface area contributed by atoms with Crippen LogP contribution in [0, 0.1) is 0 Å². The number of halogens is 4. The number of furan rings is 1. The summed E-state index contributed by atoms with van der Waals surface area (Å²) < 4.78 is 86.2. The summed E-state index contributed by atoms with van der Waals surface area (Å²) in [5.41, 5.74) is -1.45. The van der Waals surface area contributed by atoms with E-state index in [2.05, 4.69) is 15.1 Å². The molecule has 9 nitrogen and oxygen atoms in total. The second kappa shape index (κ2) is 9.64. The summed E-state index contributed by atoms with van der Waals surface area (Å²) in [6.07, 6.45) is -3.24. The van der Waals surface area contributed by atoms with E-state index in [4.69, 9.17) is 23.4 Å². The van der Waals surface area contributed by atoms with Crippen molar-refractivity contribution < 1.29 is 40.9 Å². The van der Waals surface area contributed by atoms with Crippen LogP contribution in [0.5, 0.6) is 16.7 Å². The van der Waals surface area contributed by atoms with Gasteiger partial charge < -0.3 is 23.4 Å². The average Bonchev–Trinajstić information content (AvgIpc) is 3.69. The summed E-state index contributed by atoms with van der Waals surface area (Å²) in [4.78, 5) is 7.97. The lowest BCUT2D eigenvalue weighted by molar-refractivity contribution is -0.135. The molecule has 0 aliphatic carbocycles. The van der Waals surface area contributed by atoms with Gasteiger partial charge in [0.1, 0.15) is 45.0 Å². The van der Waals surface area contributed by atoms with Gasteiger partial charge in [-0.1, -0.05) is 0 Å². The molecule has 1 aliphatic rings. The van der Waals surface area contributed by atoms with Crippen molar-refractivity contribution in [3.8, 4) is 28.1 Å². The number of benzene rings is 1. The molecule has 1 fully saturated rings. The highest BCUT2D eigenvalue weighted by Gasteiger charge is 2.43. The van der Waals surface area contributed by atoms with Crippen molar-refractivity contribution in [3.63, 3.8) is 0 Å². The average molecular weight is 585 g/mol. The number of rotatable bonds is 7. The molecule has 1 aromatic carbocycles. The van der Waals surface area contributed by atoms with Gasteiger partial charge >= 0.3 is 6.18 Å². The summed E-state index contributed by atoms with van der Waals surface area (Å²) in [6, 6.07) is 4.84. The number of ether oxygens (including phenoxy) is 4. The number of fused-ring (bicyclic) bond motifs is 2. The topological polar surface area (TPSA) is 93.1 Å². The Morgan fingerprint density at radius 1 is 1.10 bits per heavy atom. The number of thiazole rings is 1. The summed E-state index contributed by atoms with van der Waals surface area (Å²) in [5.74, 6) is 0.973. The van der Waals surface area contributed by atoms with Crippen LogP contribution in [0.25, 0.3) is 27.4 Å². The molecule has 0 unspecified atom stereocenters. The zero-order valence-electron chi connectivity index (χ0n) is 20.5. The summed E-state index contributed by atoms with van der Waals surface area (Å²) in [6.45, 7) is -0.309. The minimum atomic E-state index is -4.72. The predicted octanol–water partition coefficient (Wildman–Crippen LogP) is 6.25. The molecule has 0 atom stereocenters. The van der Waals surface area contributed by atoms with Gasteiger partial charge in [-0.05, 0) is 17.4 Å². The lowest BCUT2D eigenvalue weighted by Gasteiger charge is -2.27. The van der Waals surface area contributed by atoms with Crippen LogP contribution >= 0.6 is 22.7 Å². The normalized spacial score (nSPS) is 15.7. The Bertz CT molecular complexity index is 1650. The molecule has 206 valence electrons. The van der Waals surface area contributed by atoms with Crippen LogP contribution in [0.4, 0.5) is 17.6 Å². The van der Waals surface area contributed by atoms with Crippen molar-refractivity contribution in [3.05, 3.63) is 40.0 Å². The summed E-state index contributed by atoms with van der Waals surface area (Å²) >= 11 is 1.56. The highest BCUT2D eigenvalue weighted by Crippen LogP contribution is 2.45. The summed E-state index contributed by atoms with van der Waals surface area (Å²) in [7, 11) is 2.95. The first-order chi connectivity index (χ1) is 18.7. The lowest BCUT2D eigenvalue weighted by atomic mass is 9.97. The van der Waals surface area contributed by atoms with Gasteiger partial charge in [0.25, 0.3) is 5.19 Å². The van der Waals surface area contributed by atoms with Crippen LogP contribution in [0.3, 0.4) is 0 Å². The molecule has 39 heavy (non-hydrogen) atoms. The highest BCUT2D eigenvalue weighted by atomic mass is 32.1. The molecular weight excluding hydrogens is 564 g/mol. The zero-order valence-corrected chi connectivity index (χ0v) is 22.1. The Morgan fingerprint density at radius 3 is 2.62 bits per heavy atom. The van der Waals surface area contributed by atoms with Gasteiger partial charge in [0.05, 0.1) is 39.0 Å². The third-order valence-electron chi connectivity index (χ3n) is 6.29. The second-order valence-electron chi connectivity index (χ2n) is 8.72. The number of methoxy groups -OCH3 is 2. The number of hydrogen-bond donors (Lipinski definition) is 0. The number of aromatic nitrogens is 4. The van der Waals surface area contributed by atoms with E-state index in [1.807, 2.05) is 0 Å². The van der Waals surface area contributed by atoms with Crippen LogP contribution < -0.4 is 14.2 Å². The van der Waals surface area contributed by atoms with E-state index in [1.165, 1.54) is 31.6 Å². The highest BCUT2D eigenvalue weighted by molar-refractivity contribution is 7.18. The van der Waals surface area contributed by atoms with E-state index in [9.17, 15) is 13.2 Å². The van der Waals surface area contributed by atoms with Gasteiger partial charge in [-0.3, -0.25) is 0 Å². The van der Waals surface area contributed by atoms with E-state index in [1.54, 1.807) is 22.8 Å². The Hall–Kier alpha value is -3.43. The van der Waals surface area contributed by atoms with E-state index in [0.717, 1.165) is 0 Å². The summed E-state index contributed by atoms with van der Waals surface area (Å²) in [5, 5.41) is 5.01. The molecule has 6 rings (SSSR count). The standard InChI is InChI=1S/C24H20F4N4O5S2/c1-33-12-7-16(13-9-18(37-17(13)8-12)15-10-29-21-32(15)31-22(34-2)39-21)36-11-14-19(24(26,27)28)38-20(30-14)23(25)3-5-35-6-4-23/h7-10H,3-6,11H2,1-2H3. The van der Waals surface area contributed by atoms with Crippen LogP contribution in [0.1, 0.15) is 28.4 Å². The molecule has 0 N–H and O–H groups in total. The molecule has 15 heteroatoms. The third-order valence-corrected chi connectivity index (χ3v) is 8.50. The van der Waals surface area contributed by atoms with E-state index in [0.29, 0.717) is 49.7 Å². The Kier molecular flexibility index (Phi) is 6.38. The van der Waals surface area contributed by atoms with Gasteiger partial charge in [0.2, 0.25) is 4.96 Å². The molecule has 0 spiro atoms. The van der Waals surface area contributed by atoms with E-state index >= 15 is 4.39 Å². The Labute approximate surface area is 225 Å². The van der Waals surface area contributed by atoms with Crippen molar-refractivity contribution in [2.24, 2.45) is 0 Å². The van der Waals surface area contributed by atoms with Crippen molar-refractivity contribution in [2.75, 3.05) is 27.4 Å². The largest absolute Gasteiger partial charge is 0.496 e. The predicted molar refractivity (Wildman–Crippen MR) is 133 cm³/mol. The van der Waals surface area contributed by atoms with Crippen LogP contribution in [-0.2, 0) is 23.2 Å². The SMILES string of the molecule is COc1cc(OCc2nc(C3(F)CCOCC3)sc2C(F)(F)F)c2cc(-c3cnc4sc(OC)nn34)oc2c1. The fourth-order valence-electron chi connectivity index (χ4n) is 4.29. The molecular formula is C24H20F4N4O5S2.